The lowest BCUT2D eigenvalue weighted by molar-refractivity contribution is -0.121. The average Bonchev–Trinajstić information content (AvgIpc) is 2.98. The lowest BCUT2D eigenvalue weighted by atomic mass is 10.2. The van der Waals surface area contributed by atoms with Gasteiger partial charge in [-0.25, -0.2) is 0 Å². The topological polar surface area (TPSA) is 43.3 Å². The number of carbonyl (C=O) groups is 1. The van der Waals surface area contributed by atoms with E-state index in [0.717, 1.165) is 11.3 Å². The van der Waals surface area contributed by atoms with Gasteiger partial charge in [0.1, 0.15) is 5.75 Å². The first-order valence-electron chi connectivity index (χ1n) is 6.87. The number of nitrogens with one attached hydrogen (secondary N) is 1. The number of hydrogen-bond acceptors (Lipinski definition) is 2. The van der Waals surface area contributed by atoms with Crippen molar-refractivity contribution in [2.45, 2.75) is 26.4 Å². The Balaban J connectivity index is 1.72. The molecule has 1 aromatic heterocycles. The Hall–Kier alpha value is -2.23. The highest BCUT2D eigenvalue weighted by atomic mass is 16.5. The summed E-state index contributed by atoms with van der Waals surface area (Å²) >= 11 is 0. The van der Waals surface area contributed by atoms with Crippen molar-refractivity contribution in [1.29, 1.82) is 0 Å². The predicted octanol–water partition coefficient (Wildman–Crippen LogP) is 2.59. The highest BCUT2D eigenvalue weighted by molar-refractivity contribution is 5.75. The summed E-state index contributed by atoms with van der Waals surface area (Å²) in [5, 5.41) is 2.92. The van der Waals surface area contributed by atoms with E-state index in [2.05, 4.69) is 5.32 Å². The summed E-state index contributed by atoms with van der Waals surface area (Å²) in [5.74, 6) is 0.919. The number of hydrogen-bond donors (Lipinski definition) is 1. The van der Waals surface area contributed by atoms with Gasteiger partial charge in [-0.3, -0.25) is 4.79 Å². The second-order valence-corrected chi connectivity index (χ2v) is 4.52. The Morgan fingerprint density at radius 3 is 2.55 bits per heavy atom. The molecular weight excluding hydrogens is 252 g/mol. The molecule has 1 aromatic carbocycles. The summed E-state index contributed by atoms with van der Waals surface area (Å²) in [4.78, 5) is 11.7. The first-order chi connectivity index (χ1) is 9.78. The molecule has 0 saturated heterocycles. The van der Waals surface area contributed by atoms with Crippen molar-refractivity contribution in [3.05, 3.63) is 54.4 Å². The number of aromatic nitrogens is 1. The molecule has 1 amide bonds. The van der Waals surface area contributed by atoms with Crippen molar-refractivity contribution >= 4 is 5.91 Å². The van der Waals surface area contributed by atoms with Gasteiger partial charge in [-0.15, -0.1) is 0 Å². The SMILES string of the molecule is CCOc1ccc(CNC(=O)CCn2cccc2)cc1. The monoisotopic (exact) mass is 272 g/mol. The van der Waals surface area contributed by atoms with Crippen LogP contribution in [0.25, 0.3) is 0 Å². The van der Waals surface area contributed by atoms with Crippen molar-refractivity contribution in [2.75, 3.05) is 6.61 Å². The maximum atomic E-state index is 11.7. The molecule has 4 heteroatoms. The lowest BCUT2D eigenvalue weighted by Gasteiger charge is -2.07. The van der Waals surface area contributed by atoms with Crippen molar-refractivity contribution < 1.29 is 9.53 Å². The fourth-order valence-corrected chi connectivity index (χ4v) is 1.91. The Morgan fingerprint density at radius 1 is 1.20 bits per heavy atom. The summed E-state index contributed by atoms with van der Waals surface area (Å²) in [7, 11) is 0. The summed E-state index contributed by atoms with van der Waals surface area (Å²) in [6.07, 6.45) is 4.41. The van der Waals surface area contributed by atoms with E-state index < -0.39 is 0 Å². The minimum absolute atomic E-state index is 0.0626. The number of carbonyl (C=O) groups excluding carboxylic acids is 1. The normalized spacial score (nSPS) is 10.2. The van der Waals surface area contributed by atoms with E-state index >= 15 is 0 Å². The van der Waals surface area contributed by atoms with Crippen LogP contribution in [0.1, 0.15) is 18.9 Å². The van der Waals surface area contributed by atoms with Gasteiger partial charge in [0.25, 0.3) is 0 Å². The van der Waals surface area contributed by atoms with Crippen LogP contribution in [0.3, 0.4) is 0 Å². The summed E-state index contributed by atoms with van der Waals surface area (Å²) < 4.78 is 7.37. The van der Waals surface area contributed by atoms with Crippen LogP contribution in [0.2, 0.25) is 0 Å². The summed E-state index contributed by atoms with van der Waals surface area (Å²) in [6.45, 7) is 3.88. The van der Waals surface area contributed by atoms with E-state index in [-0.39, 0.29) is 5.91 Å². The fourth-order valence-electron chi connectivity index (χ4n) is 1.91. The zero-order valence-electron chi connectivity index (χ0n) is 11.7. The Labute approximate surface area is 119 Å². The van der Waals surface area contributed by atoms with Gasteiger partial charge in [0, 0.05) is 31.9 Å². The highest BCUT2D eigenvalue weighted by Gasteiger charge is 2.02. The third-order valence-electron chi connectivity index (χ3n) is 2.99. The molecular formula is C16H20N2O2. The number of ether oxygens (including phenoxy) is 1. The van der Waals surface area contributed by atoms with E-state index in [1.807, 2.05) is 60.3 Å². The fraction of sp³-hybridized carbons (Fsp3) is 0.312. The van der Waals surface area contributed by atoms with Crippen molar-refractivity contribution in [3.63, 3.8) is 0 Å². The van der Waals surface area contributed by atoms with Gasteiger partial charge >= 0.3 is 0 Å². The minimum atomic E-state index is 0.0626. The van der Waals surface area contributed by atoms with Gasteiger partial charge < -0.3 is 14.6 Å². The smallest absolute Gasteiger partial charge is 0.222 e. The molecule has 2 aromatic rings. The van der Waals surface area contributed by atoms with Gasteiger partial charge in [-0.05, 0) is 36.8 Å². The van der Waals surface area contributed by atoms with Crippen LogP contribution in [0.4, 0.5) is 0 Å². The molecule has 0 fully saturated rings. The summed E-state index contributed by atoms with van der Waals surface area (Å²) in [6, 6.07) is 11.7. The van der Waals surface area contributed by atoms with Crippen LogP contribution in [0.15, 0.2) is 48.8 Å². The number of benzene rings is 1. The van der Waals surface area contributed by atoms with Gasteiger partial charge in [-0.2, -0.15) is 0 Å². The predicted molar refractivity (Wildman–Crippen MR) is 78.5 cm³/mol. The van der Waals surface area contributed by atoms with Crippen LogP contribution in [-0.4, -0.2) is 17.1 Å². The van der Waals surface area contributed by atoms with E-state index in [1.165, 1.54) is 0 Å². The largest absolute Gasteiger partial charge is 0.494 e. The number of aryl methyl sites for hydroxylation is 1. The number of amides is 1. The second-order valence-electron chi connectivity index (χ2n) is 4.52. The van der Waals surface area contributed by atoms with Crippen molar-refractivity contribution in [1.82, 2.24) is 9.88 Å². The van der Waals surface area contributed by atoms with E-state index in [1.54, 1.807) is 0 Å². The molecule has 2 rings (SSSR count). The first kappa shape index (κ1) is 14.2. The minimum Gasteiger partial charge on any atom is -0.494 e. The Morgan fingerprint density at radius 2 is 1.90 bits per heavy atom. The third-order valence-corrected chi connectivity index (χ3v) is 2.99. The van der Waals surface area contributed by atoms with Gasteiger partial charge in [-0.1, -0.05) is 12.1 Å². The molecule has 0 aliphatic carbocycles. The lowest BCUT2D eigenvalue weighted by Crippen LogP contribution is -2.23. The van der Waals surface area contributed by atoms with Crippen molar-refractivity contribution in [2.24, 2.45) is 0 Å². The van der Waals surface area contributed by atoms with E-state index in [9.17, 15) is 4.79 Å². The Bertz CT molecular complexity index is 518. The molecule has 0 unspecified atom stereocenters. The van der Waals surface area contributed by atoms with Gasteiger partial charge in [0.15, 0.2) is 0 Å². The zero-order valence-corrected chi connectivity index (χ0v) is 11.7. The maximum Gasteiger partial charge on any atom is 0.222 e. The molecule has 1 N–H and O–H groups in total. The molecule has 0 radical (unpaired) electrons. The molecule has 4 nitrogen and oxygen atoms in total. The quantitative estimate of drug-likeness (QED) is 0.842. The summed E-state index contributed by atoms with van der Waals surface area (Å²) in [5.41, 5.74) is 1.07. The van der Waals surface area contributed by atoms with Gasteiger partial charge in [0.05, 0.1) is 6.61 Å². The van der Waals surface area contributed by atoms with E-state index in [0.29, 0.717) is 26.1 Å². The standard InChI is InChI=1S/C16H20N2O2/c1-2-20-15-7-5-14(6-8-15)13-17-16(19)9-12-18-10-3-4-11-18/h3-8,10-11H,2,9,12-13H2,1H3,(H,17,19). The zero-order chi connectivity index (χ0) is 14.2. The molecule has 0 aliphatic rings. The molecule has 106 valence electrons. The number of rotatable bonds is 7. The molecule has 0 bridgehead atoms. The van der Waals surface area contributed by atoms with Crippen LogP contribution < -0.4 is 10.1 Å². The molecule has 1 heterocycles. The maximum absolute atomic E-state index is 11.7. The molecule has 0 spiro atoms. The average molecular weight is 272 g/mol. The van der Waals surface area contributed by atoms with Crippen LogP contribution >= 0.6 is 0 Å². The van der Waals surface area contributed by atoms with Crippen LogP contribution in [0.5, 0.6) is 5.75 Å². The third kappa shape index (κ3) is 4.46. The van der Waals surface area contributed by atoms with Crippen molar-refractivity contribution in [3.8, 4) is 5.75 Å². The van der Waals surface area contributed by atoms with Crippen LogP contribution in [-0.2, 0) is 17.9 Å². The Kier molecular flexibility index (Phi) is 5.24. The number of nitrogens with zero attached hydrogens (tertiary/aromatic N) is 1. The van der Waals surface area contributed by atoms with Gasteiger partial charge in [0.2, 0.25) is 5.91 Å². The molecule has 20 heavy (non-hydrogen) atoms. The van der Waals surface area contributed by atoms with Crippen LogP contribution in [0, 0.1) is 0 Å². The molecule has 0 saturated carbocycles. The second kappa shape index (κ2) is 7.38. The first-order valence-corrected chi connectivity index (χ1v) is 6.87. The molecule has 0 atom stereocenters. The highest BCUT2D eigenvalue weighted by Crippen LogP contribution is 2.11. The van der Waals surface area contributed by atoms with E-state index in [4.69, 9.17) is 4.74 Å². The molecule has 0 aliphatic heterocycles.